The molecule has 0 saturated carbocycles. The summed E-state index contributed by atoms with van der Waals surface area (Å²) >= 11 is 3.54. The number of hydrogen-bond donors (Lipinski definition) is 1. The molecule has 1 aromatic carbocycles. The molecule has 0 amide bonds. The van der Waals surface area contributed by atoms with Crippen molar-refractivity contribution in [3.63, 3.8) is 0 Å². The lowest BCUT2D eigenvalue weighted by Gasteiger charge is -2.21. The summed E-state index contributed by atoms with van der Waals surface area (Å²) in [5.74, 6) is 2.43. The molecule has 0 aliphatic carbocycles. The molecule has 0 spiro atoms. The van der Waals surface area contributed by atoms with Gasteiger partial charge in [0.15, 0.2) is 11.5 Å². The molecule has 0 saturated heterocycles. The molecule has 1 aliphatic heterocycles. The average molecular weight is 324 g/mol. The molecule has 5 heteroatoms. The zero-order chi connectivity index (χ0) is 13.2. The van der Waals surface area contributed by atoms with Crippen molar-refractivity contribution in [2.45, 2.75) is 13.0 Å². The second-order valence-corrected chi connectivity index (χ2v) is 5.21. The lowest BCUT2D eigenvalue weighted by atomic mass is 10.2. The van der Waals surface area contributed by atoms with E-state index in [1.807, 2.05) is 31.2 Å². The van der Waals surface area contributed by atoms with Gasteiger partial charge < -0.3 is 19.2 Å². The van der Waals surface area contributed by atoms with Crippen molar-refractivity contribution in [1.29, 1.82) is 0 Å². The maximum absolute atomic E-state index is 5.58. The molecule has 2 aromatic rings. The Bertz CT molecular complexity index is 568. The highest BCUT2D eigenvalue weighted by Gasteiger charge is 2.16. The van der Waals surface area contributed by atoms with Crippen LogP contribution >= 0.6 is 15.9 Å². The monoisotopic (exact) mass is 323 g/mol. The SMILES string of the molecule is CC(Nc1cc2c(cc1Br)OCCO2)c1ccco1. The molecule has 0 fully saturated rings. The topological polar surface area (TPSA) is 43.6 Å². The number of benzene rings is 1. The minimum atomic E-state index is 0.0776. The Kier molecular flexibility index (Phi) is 3.38. The van der Waals surface area contributed by atoms with Crippen molar-refractivity contribution in [2.24, 2.45) is 0 Å². The minimum Gasteiger partial charge on any atom is -0.486 e. The number of halogens is 1. The van der Waals surface area contributed by atoms with Gasteiger partial charge in [-0.1, -0.05) is 0 Å². The van der Waals surface area contributed by atoms with Crippen LogP contribution in [-0.2, 0) is 0 Å². The third kappa shape index (κ3) is 2.56. The van der Waals surface area contributed by atoms with E-state index >= 15 is 0 Å². The van der Waals surface area contributed by atoms with Crippen molar-refractivity contribution in [3.05, 3.63) is 40.8 Å². The molecule has 0 radical (unpaired) electrons. The first kappa shape index (κ1) is 12.4. The molecule has 100 valence electrons. The summed E-state index contributed by atoms with van der Waals surface area (Å²) in [6.07, 6.45) is 1.67. The van der Waals surface area contributed by atoms with Crippen LogP contribution in [-0.4, -0.2) is 13.2 Å². The first-order chi connectivity index (χ1) is 9.24. The van der Waals surface area contributed by atoms with Gasteiger partial charge in [-0.15, -0.1) is 0 Å². The fraction of sp³-hybridized carbons (Fsp3) is 0.286. The summed E-state index contributed by atoms with van der Waals surface area (Å²) in [5.41, 5.74) is 0.952. The van der Waals surface area contributed by atoms with E-state index in [1.54, 1.807) is 6.26 Å². The highest BCUT2D eigenvalue weighted by atomic mass is 79.9. The van der Waals surface area contributed by atoms with E-state index in [9.17, 15) is 0 Å². The van der Waals surface area contributed by atoms with Gasteiger partial charge in [-0.3, -0.25) is 0 Å². The molecule has 3 rings (SSSR count). The Labute approximate surface area is 119 Å². The second-order valence-electron chi connectivity index (χ2n) is 4.36. The van der Waals surface area contributed by atoms with Gasteiger partial charge in [0.1, 0.15) is 19.0 Å². The second kappa shape index (κ2) is 5.17. The number of nitrogens with one attached hydrogen (secondary N) is 1. The van der Waals surface area contributed by atoms with Gasteiger partial charge in [0.2, 0.25) is 0 Å². The smallest absolute Gasteiger partial charge is 0.163 e. The lowest BCUT2D eigenvalue weighted by molar-refractivity contribution is 0.171. The predicted molar refractivity (Wildman–Crippen MR) is 75.9 cm³/mol. The van der Waals surface area contributed by atoms with Gasteiger partial charge in [-0.05, 0) is 35.0 Å². The average Bonchev–Trinajstić information content (AvgIpc) is 2.93. The molecule has 4 nitrogen and oxygen atoms in total. The van der Waals surface area contributed by atoms with Crippen molar-refractivity contribution >= 4 is 21.6 Å². The normalized spacial score (nSPS) is 15.1. The van der Waals surface area contributed by atoms with E-state index < -0.39 is 0 Å². The van der Waals surface area contributed by atoms with Crippen LogP contribution in [0.15, 0.2) is 39.4 Å². The summed E-state index contributed by atoms with van der Waals surface area (Å²) in [6, 6.07) is 7.77. The summed E-state index contributed by atoms with van der Waals surface area (Å²) in [6.45, 7) is 3.22. The molecule has 19 heavy (non-hydrogen) atoms. The van der Waals surface area contributed by atoms with E-state index in [4.69, 9.17) is 13.9 Å². The van der Waals surface area contributed by atoms with E-state index in [1.165, 1.54) is 0 Å². The molecular formula is C14H14BrNO3. The van der Waals surface area contributed by atoms with Crippen molar-refractivity contribution in [3.8, 4) is 11.5 Å². The van der Waals surface area contributed by atoms with Crippen LogP contribution in [0, 0.1) is 0 Å². The van der Waals surface area contributed by atoms with Crippen LogP contribution in [0.3, 0.4) is 0 Å². The summed E-state index contributed by atoms with van der Waals surface area (Å²) in [4.78, 5) is 0. The molecule has 1 N–H and O–H groups in total. The summed E-state index contributed by atoms with van der Waals surface area (Å²) < 4.78 is 17.4. The van der Waals surface area contributed by atoms with Crippen LogP contribution in [0.2, 0.25) is 0 Å². The number of ether oxygens (including phenoxy) is 2. The number of hydrogen-bond acceptors (Lipinski definition) is 4. The zero-order valence-corrected chi connectivity index (χ0v) is 12.1. The third-order valence-corrected chi connectivity index (χ3v) is 3.63. The molecular weight excluding hydrogens is 310 g/mol. The maximum Gasteiger partial charge on any atom is 0.163 e. The highest BCUT2D eigenvalue weighted by molar-refractivity contribution is 9.10. The van der Waals surface area contributed by atoms with Crippen molar-refractivity contribution < 1.29 is 13.9 Å². The van der Waals surface area contributed by atoms with Crippen LogP contribution in [0.4, 0.5) is 5.69 Å². The number of furan rings is 1. The molecule has 1 aliphatic rings. The Morgan fingerprint density at radius 1 is 1.21 bits per heavy atom. The lowest BCUT2D eigenvalue weighted by Crippen LogP contribution is -2.16. The Balaban J connectivity index is 1.84. The minimum absolute atomic E-state index is 0.0776. The van der Waals surface area contributed by atoms with Crippen molar-refractivity contribution in [2.75, 3.05) is 18.5 Å². The van der Waals surface area contributed by atoms with E-state index in [0.29, 0.717) is 13.2 Å². The van der Waals surface area contributed by atoms with Gasteiger partial charge in [-0.25, -0.2) is 0 Å². The van der Waals surface area contributed by atoms with Crippen LogP contribution < -0.4 is 14.8 Å². The van der Waals surface area contributed by atoms with E-state index in [-0.39, 0.29) is 6.04 Å². The first-order valence-corrected chi connectivity index (χ1v) is 6.92. The van der Waals surface area contributed by atoms with E-state index in [2.05, 4.69) is 21.2 Å². The number of rotatable bonds is 3. The molecule has 1 unspecified atom stereocenters. The van der Waals surface area contributed by atoms with Crippen LogP contribution in [0.5, 0.6) is 11.5 Å². The summed E-state index contributed by atoms with van der Waals surface area (Å²) in [5, 5.41) is 3.39. The Hall–Kier alpha value is -1.62. The highest BCUT2D eigenvalue weighted by Crippen LogP contribution is 2.39. The Morgan fingerprint density at radius 3 is 2.63 bits per heavy atom. The predicted octanol–water partition coefficient (Wildman–Crippen LogP) is 3.99. The fourth-order valence-corrected chi connectivity index (χ4v) is 2.45. The van der Waals surface area contributed by atoms with Gasteiger partial charge in [0, 0.05) is 16.6 Å². The van der Waals surface area contributed by atoms with Gasteiger partial charge in [0.25, 0.3) is 0 Å². The molecule has 1 aromatic heterocycles. The van der Waals surface area contributed by atoms with Crippen molar-refractivity contribution in [1.82, 2.24) is 0 Å². The fourth-order valence-electron chi connectivity index (χ4n) is 2.02. The number of fused-ring (bicyclic) bond motifs is 1. The molecule has 2 heterocycles. The quantitative estimate of drug-likeness (QED) is 0.927. The first-order valence-electron chi connectivity index (χ1n) is 6.13. The Morgan fingerprint density at radius 2 is 1.95 bits per heavy atom. The maximum atomic E-state index is 5.58. The van der Waals surface area contributed by atoms with Gasteiger partial charge >= 0.3 is 0 Å². The van der Waals surface area contributed by atoms with Crippen LogP contribution in [0.1, 0.15) is 18.7 Å². The standard InChI is InChI=1S/C14H14BrNO3/c1-9(12-3-2-4-17-12)16-11-8-14-13(7-10(11)15)18-5-6-19-14/h2-4,7-9,16H,5-6H2,1H3. The van der Waals surface area contributed by atoms with Crippen LogP contribution in [0.25, 0.3) is 0 Å². The summed E-state index contributed by atoms with van der Waals surface area (Å²) in [7, 11) is 0. The third-order valence-electron chi connectivity index (χ3n) is 2.97. The van der Waals surface area contributed by atoms with E-state index in [0.717, 1.165) is 27.4 Å². The van der Waals surface area contributed by atoms with Gasteiger partial charge in [-0.2, -0.15) is 0 Å². The largest absolute Gasteiger partial charge is 0.486 e. The van der Waals surface area contributed by atoms with Gasteiger partial charge in [0.05, 0.1) is 18.0 Å². The zero-order valence-electron chi connectivity index (χ0n) is 10.5. The number of anilines is 1. The molecule has 1 atom stereocenters. The molecule has 0 bridgehead atoms.